The molecule has 0 aliphatic heterocycles. The lowest BCUT2D eigenvalue weighted by Gasteiger charge is -2.28. The van der Waals surface area contributed by atoms with Crippen LogP contribution < -0.4 is 5.73 Å². The highest BCUT2D eigenvalue weighted by Gasteiger charge is 2.20. The van der Waals surface area contributed by atoms with E-state index in [-0.39, 0.29) is 11.9 Å². The average Bonchev–Trinajstić information content (AvgIpc) is 2.26. The van der Waals surface area contributed by atoms with Crippen molar-refractivity contribution >= 4 is 21.8 Å². The fourth-order valence-electron chi connectivity index (χ4n) is 1.59. The quantitative estimate of drug-likeness (QED) is 0.928. The second kappa shape index (κ2) is 6.17. The number of hydrogen-bond acceptors (Lipinski definition) is 2. The van der Waals surface area contributed by atoms with Crippen LogP contribution in [0.1, 0.15) is 26.3 Å². The van der Waals surface area contributed by atoms with Crippen LogP contribution in [0.2, 0.25) is 0 Å². The van der Waals surface area contributed by atoms with Crippen molar-refractivity contribution in [3.05, 3.63) is 34.3 Å². The molecular weight excluding hydrogens is 280 g/mol. The number of hydrogen-bond donors (Lipinski definition) is 1. The summed E-state index contributed by atoms with van der Waals surface area (Å²) >= 11 is 3.49. The van der Waals surface area contributed by atoms with Gasteiger partial charge in [0.25, 0.3) is 0 Å². The largest absolute Gasteiger partial charge is 0.335 e. The molecule has 1 unspecified atom stereocenters. The second-order valence-corrected chi connectivity index (χ2v) is 5.29. The Hall–Kier alpha value is -0.870. The van der Waals surface area contributed by atoms with E-state index in [1.54, 1.807) is 11.8 Å². The molecule has 1 aromatic rings. The standard InChI is InChI=1S/C13H19BrN2O/c1-9(2)16(13(17)10(3)15)8-11-6-4-5-7-12(11)14/h4-7,9-10H,8,15H2,1-3H3. The zero-order valence-corrected chi connectivity index (χ0v) is 12.1. The smallest absolute Gasteiger partial charge is 0.239 e. The molecule has 0 saturated heterocycles. The van der Waals surface area contributed by atoms with E-state index in [9.17, 15) is 4.79 Å². The Balaban J connectivity index is 2.88. The molecule has 0 saturated carbocycles. The Bertz CT molecular complexity index is 391. The summed E-state index contributed by atoms with van der Waals surface area (Å²) in [6, 6.07) is 7.59. The van der Waals surface area contributed by atoms with Crippen molar-refractivity contribution in [2.24, 2.45) is 5.73 Å². The first-order valence-electron chi connectivity index (χ1n) is 5.73. The fourth-order valence-corrected chi connectivity index (χ4v) is 2.00. The highest BCUT2D eigenvalue weighted by atomic mass is 79.9. The minimum absolute atomic E-state index is 0.0178. The first-order chi connectivity index (χ1) is 7.93. The van der Waals surface area contributed by atoms with Gasteiger partial charge in [-0.15, -0.1) is 0 Å². The van der Waals surface area contributed by atoms with Gasteiger partial charge < -0.3 is 10.6 Å². The summed E-state index contributed by atoms with van der Waals surface area (Å²) < 4.78 is 1.02. The average molecular weight is 299 g/mol. The monoisotopic (exact) mass is 298 g/mol. The van der Waals surface area contributed by atoms with Crippen LogP contribution in [0, 0.1) is 0 Å². The van der Waals surface area contributed by atoms with Crippen molar-refractivity contribution in [3.63, 3.8) is 0 Å². The summed E-state index contributed by atoms with van der Waals surface area (Å²) in [6.45, 7) is 6.30. The molecule has 1 aromatic carbocycles. The summed E-state index contributed by atoms with van der Waals surface area (Å²) in [6.07, 6.45) is 0. The molecule has 0 radical (unpaired) electrons. The van der Waals surface area contributed by atoms with Gasteiger partial charge in [0, 0.05) is 17.1 Å². The molecule has 0 heterocycles. The van der Waals surface area contributed by atoms with Crippen LogP contribution in [-0.4, -0.2) is 22.9 Å². The summed E-state index contributed by atoms with van der Waals surface area (Å²) in [4.78, 5) is 13.8. The lowest BCUT2D eigenvalue weighted by atomic mass is 10.1. The highest BCUT2D eigenvalue weighted by Crippen LogP contribution is 2.19. The molecule has 17 heavy (non-hydrogen) atoms. The highest BCUT2D eigenvalue weighted by molar-refractivity contribution is 9.10. The maximum Gasteiger partial charge on any atom is 0.239 e. The number of carbonyl (C=O) groups is 1. The second-order valence-electron chi connectivity index (χ2n) is 4.44. The minimum atomic E-state index is -0.458. The van der Waals surface area contributed by atoms with Crippen molar-refractivity contribution in [3.8, 4) is 0 Å². The summed E-state index contributed by atoms with van der Waals surface area (Å²) in [5, 5.41) is 0. The van der Waals surface area contributed by atoms with Crippen LogP contribution in [0.25, 0.3) is 0 Å². The third-order valence-corrected chi connectivity index (χ3v) is 3.37. The number of benzene rings is 1. The Labute approximate surface area is 111 Å². The van der Waals surface area contributed by atoms with E-state index in [1.165, 1.54) is 0 Å². The van der Waals surface area contributed by atoms with Gasteiger partial charge in [-0.1, -0.05) is 34.1 Å². The normalized spacial score (nSPS) is 12.6. The molecule has 1 rings (SSSR count). The predicted molar refractivity (Wildman–Crippen MR) is 73.5 cm³/mol. The maximum absolute atomic E-state index is 12.0. The van der Waals surface area contributed by atoms with E-state index in [1.807, 2.05) is 38.1 Å². The molecule has 0 spiro atoms. The summed E-state index contributed by atoms with van der Waals surface area (Å²) in [5.41, 5.74) is 6.76. The Kier molecular flexibility index (Phi) is 5.15. The molecule has 1 atom stereocenters. The zero-order valence-electron chi connectivity index (χ0n) is 10.5. The molecule has 0 aliphatic carbocycles. The fraction of sp³-hybridized carbons (Fsp3) is 0.462. The maximum atomic E-state index is 12.0. The molecular formula is C13H19BrN2O. The van der Waals surface area contributed by atoms with Gasteiger partial charge in [-0.05, 0) is 32.4 Å². The van der Waals surface area contributed by atoms with Crippen LogP contribution in [0.3, 0.4) is 0 Å². The number of rotatable bonds is 4. The summed E-state index contributed by atoms with van der Waals surface area (Å²) in [7, 11) is 0. The minimum Gasteiger partial charge on any atom is -0.335 e. The first kappa shape index (κ1) is 14.2. The van der Waals surface area contributed by atoms with E-state index in [2.05, 4.69) is 15.9 Å². The van der Waals surface area contributed by atoms with Gasteiger partial charge in [0.2, 0.25) is 5.91 Å². The molecule has 94 valence electrons. The van der Waals surface area contributed by atoms with E-state index < -0.39 is 6.04 Å². The van der Waals surface area contributed by atoms with Crippen LogP contribution in [0.4, 0.5) is 0 Å². The predicted octanol–water partition coefficient (Wildman–Crippen LogP) is 2.53. The number of carbonyl (C=O) groups excluding carboxylic acids is 1. The van der Waals surface area contributed by atoms with Gasteiger partial charge in [0.05, 0.1) is 6.04 Å². The van der Waals surface area contributed by atoms with Gasteiger partial charge >= 0.3 is 0 Å². The van der Waals surface area contributed by atoms with Crippen LogP contribution >= 0.6 is 15.9 Å². The van der Waals surface area contributed by atoms with Gasteiger partial charge in [-0.3, -0.25) is 4.79 Å². The summed E-state index contributed by atoms with van der Waals surface area (Å²) in [5.74, 6) is -0.0178. The van der Waals surface area contributed by atoms with E-state index in [0.717, 1.165) is 10.0 Å². The molecule has 0 fully saturated rings. The molecule has 4 heteroatoms. The lowest BCUT2D eigenvalue weighted by Crippen LogP contribution is -2.45. The van der Waals surface area contributed by atoms with E-state index >= 15 is 0 Å². The van der Waals surface area contributed by atoms with Crippen molar-refractivity contribution in [2.75, 3.05) is 0 Å². The van der Waals surface area contributed by atoms with Crippen molar-refractivity contribution in [1.29, 1.82) is 0 Å². The van der Waals surface area contributed by atoms with Gasteiger partial charge in [0.1, 0.15) is 0 Å². The third-order valence-electron chi connectivity index (χ3n) is 2.59. The Morgan fingerprint density at radius 3 is 2.41 bits per heavy atom. The molecule has 1 amide bonds. The van der Waals surface area contributed by atoms with Crippen molar-refractivity contribution < 1.29 is 4.79 Å². The van der Waals surface area contributed by atoms with E-state index in [4.69, 9.17) is 5.73 Å². The third kappa shape index (κ3) is 3.82. The van der Waals surface area contributed by atoms with E-state index in [0.29, 0.717) is 6.54 Å². The topological polar surface area (TPSA) is 46.3 Å². The van der Waals surface area contributed by atoms with Crippen LogP contribution in [-0.2, 0) is 11.3 Å². The molecule has 0 bridgehead atoms. The zero-order chi connectivity index (χ0) is 13.0. The van der Waals surface area contributed by atoms with Crippen molar-refractivity contribution in [2.45, 2.75) is 39.4 Å². The number of amides is 1. The van der Waals surface area contributed by atoms with Crippen LogP contribution in [0.5, 0.6) is 0 Å². The van der Waals surface area contributed by atoms with Gasteiger partial charge in [-0.2, -0.15) is 0 Å². The SMILES string of the molecule is CC(N)C(=O)N(Cc1ccccc1Br)C(C)C. The first-order valence-corrected chi connectivity index (χ1v) is 6.52. The lowest BCUT2D eigenvalue weighted by molar-refractivity contribution is -0.134. The Morgan fingerprint density at radius 2 is 1.94 bits per heavy atom. The Morgan fingerprint density at radius 1 is 1.35 bits per heavy atom. The number of nitrogens with two attached hydrogens (primary N) is 1. The molecule has 0 aromatic heterocycles. The number of halogens is 1. The van der Waals surface area contributed by atoms with Crippen LogP contribution in [0.15, 0.2) is 28.7 Å². The van der Waals surface area contributed by atoms with Crippen molar-refractivity contribution in [1.82, 2.24) is 4.90 Å². The van der Waals surface area contributed by atoms with Gasteiger partial charge in [0.15, 0.2) is 0 Å². The molecule has 3 nitrogen and oxygen atoms in total. The molecule has 0 aliphatic rings. The van der Waals surface area contributed by atoms with Gasteiger partial charge in [-0.25, -0.2) is 0 Å². The number of nitrogens with zero attached hydrogens (tertiary/aromatic N) is 1. The molecule has 2 N–H and O–H groups in total.